The van der Waals surface area contributed by atoms with Crippen molar-refractivity contribution in [3.05, 3.63) is 54.1 Å². The number of carbonyl (C=O) groups excluding carboxylic acids is 3. The zero-order valence-corrected chi connectivity index (χ0v) is 21.2. The SMILES string of the molecule is CC(C)C(N)C(=O)NC(Cc1ccccc1)C(=O)NC(Cc1cnc[nH]1)C(=O)NC(CCC(=O)O)C(=O)O. The first-order chi connectivity index (χ1) is 18.0. The molecule has 38 heavy (non-hydrogen) atoms. The van der Waals surface area contributed by atoms with E-state index >= 15 is 0 Å². The molecule has 206 valence electrons. The second-order valence-electron chi connectivity index (χ2n) is 9.19. The molecule has 13 nitrogen and oxygen atoms in total. The molecule has 1 aromatic carbocycles. The second kappa shape index (κ2) is 14.5. The number of nitrogens with zero attached hydrogens (tertiary/aromatic N) is 1. The predicted octanol–water partition coefficient (Wildman–Crippen LogP) is -0.418. The zero-order valence-electron chi connectivity index (χ0n) is 21.2. The van der Waals surface area contributed by atoms with Crippen LogP contribution >= 0.6 is 0 Å². The fourth-order valence-corrected chi connectivity index (χ4v) is 3.53. The van der Waals surface area contributed by atoms with Gasteiger partial charge in [0.1, 0.15) is 18.1 Å². The van der Waals surface area contributed by atoms with E-state index < -0.39 is 60.2 Å². The van der Waals surface area contributed by atoms with Crippen LogP contribution in [0.15, 0.2) is 42.9 Å². The average Bonchev–Trinajstić information content (AvgIpc) is 3.38. The first-order valence-corrected chi connectivity index (χ1v) is 12.1. The standard InChI is InChI=1S/C25H34N6O7/c1-14(2)21(26)24(36)31-18(10-15-6-4-3-5-7-15)22(34)30-19(11-16-12-27-13-28-16)23(35)29-17(25(37)38)8-9-20(32)33/h3-7,12-14,17-19,21H,8-11,26H2,1-2H3,(H,27,28)(H,29,35)(H,30,34)(H,31,36)(H,32,33)(H,37,38). The molecule has 0 radical (unpaired) electrons. The third-order valence-electron chi connectivity index (χ3n) is 5.81. The average molecular weight is 531 g/mol. The van der Waals surface area contributed by atoms with E-state index in [1.165, 1.54) is 12.5 Å². The monoisotopic (exact) mass is 530 g/mol. The predicted molar refractivity (Wildman–Crippen MR) is 136 cm³/mol. The van der Waals surface area contributed by atoms with Crippen molar-refractivity contribution in [1.82, 2.24) is 25.9 Å². The number of carboxylic acid groups (broad SMARTS) is 2. The summed E-state index contributed by atoms with van der Waals surface area (Å²) in [6.07, 6.45) is 2.04. The van der Waals surface area contributed by atoms with Gasteiger partial charge in [0.25, 0.3) is 0 Å². The summed E-state index contributed by atoms with van der Waals surface area (Å²) in [4.78, 5) is 68.3. The number of H-pyrrole nitrogens is 1. The first kappa shape index (κ1) is 30.0. The van der Waals surface area contributed by atoms with Gasteiger partial charge in [-0.05, 0) is 17.9 Å². The molecular weight excluding hydrogens is 496 g/mol. The maximum Gasteiger partial charge on any atom is 0.326 e. The molecule has 2 aromatic rings. The van der Waals surface area contributed by atoms with Crippen LogP contribution in [0.2, 0.25) is 0 Å². The lowest BCUT2D eigenvalue weighted by molar-refractivity contribution is -0.143. The number of aromatic nitrogens is 2. The molecule has 0 spiro atoms. The molecule has 2 rings (SSSR count). The number of hydrogen-bond acceptors (Lipinski definition) is 7. The molecule has 0 saturated heterocycles. The minimum atomic E-state index is -1.48. The normalized spacial score (nSPS) is 14.1. The number of rotatable bonds is 15. The third kappa shape index (κ3) is 9.65. The number of nitrogens with two attached hydrogens (primary N) is 1. The maximum atomic E-state index is 13.4. The van der Waals surface area contributed by atoms with Crippen molar-refractivity contribution in [1.29, 1.82) is 0 Å². The van der Waals surface area contributed by atoms with E-state index in [9.17, 15) is 29.1 Å². The van der Waals surface area contributed by atoms with Crippen LogP contribution in [0.1, 0.15) is 37.9 Å². The summed E-state index contributed by atoms with van der Waals surface area (Å²) in [5.74, 6) is -4.88. The Hall–Kier alpha value is -4.26. The minimum absolute atomic E-state index is 0.0691. The van der Waals surface area contributed by atoms with Gasteiger partial charge in [-0.1, -0.05) is 44.2 Å². The molecule has 8 N–H and O–H groups in total. The fraction of sp³-hybridized carbons (Fsp3) is 0.440. The molecule has 1 aromatic heterocycles. The summed E-state index contributed by atoms with van der Waals surface area (Å²) < 4.78 is 0. The van der Waals surface area contributed by atoms with E-state index in [2.05, 4.69) is 25.9 Å². The first-order valence-electron chi connectivity index (χ1n) is 12.1. The van der Waals surface area contributed by atoms with Gasteiger partial charge in [0.05, 0.1) is 12.4 Å². The highest BCUT2D eigenvalue weighted by Gasteiger charge is 2.31. The molecule has 0 saturated carbocycles. The Morgan fingerprint density at radius 3 is 2.00 bits per heavy atom. The van der Waals surface area contributed by atoms with E-state index in [0.29, 0.717) is 5.69 Å². The van der Waals surface area contributed by atoms with Crippen molar-refractivity contribution >= 4 is 29.7 Å². The van der Waals surface area contributed by atoms with Gasteiger partial charge in [0, 0.05) is 31.2 Å². The van der Waals surface area contributed by atoms with Crippen molar-refractivity contribution in [2.24, 2.45) is 11.7 Å². The van der Waals surface area contributed by atoms with E-state index in [1.54, 1.807) is 44.2 Å². The topological polar surface area (TPSA) is 217 Å². The van der Waals surface area contributed by atoms with E-state index in [4.69, 9.17) is 10.8 Å². The Bertz CT molecular complexity index is 1090. The van der Waals surface area contributed by atoms with Gasteiger partial charge in [-0.25, -0.2) is 9.78 Å². The van der Waals surface area contributed by atoms with Crippen LogP contribution in [0, 0.1) is 5.92 Å². The zero-order chi connectivity index (χ0) is 28.2. The number of nitrogens with one attached hydrogen (secondary N) is 4. The lowest BCUT2D eigenvalue weighted by Crippen LogP contribution is -2.58. The Balaban J connectivity index is 2.26. The van der Waals surface area contributed by atoms with E-state index in [-0.39, 0.29) is 25.2 Å². The van der Waals surface area contributed by atoms with Gasteiger partial charge >= 0.3 is 11.9 Å². The third-order valence-corrected chi connectivity index (χ3v) is 5.81. The quantitative estimate of drug-likeness (QED) is 0.159. The van der Waals surface area contributed by atoms with Crippen LogP contribution in [-0.2, 0) is 36.8 Å². The number of aliphatic carboxylic acids is 2. The van der Waals surface area contributed by atoms with Crippen LogP contribution in [-0.4, -0.2) is 74.0 Å². The summed E-state index contributed by atoms with van der Waals surface area (Å²) in [6, 6.07) is 4.23. The molecule has 0 aliphatic heterocycles. The van der Waals surface area contributed by atoms with E-state index in [0.717, 1.165) is 5.56 Å². The van der Waals surface area contributed by atoms with Gasteiger partial charge in [0.15, 0.2) is 0 Å². The highest BCUT2D eigenvalue weighted by molar-refractivity contribution is 5.94. The molecule has 0 fully saturated rings. The van der Waals surface area contributed by atoms with Crippen molar-refractivity contribution in [3.63, 3.8) is 0 Å². The number of imidazole rings is 1. The Kier molecular flexibility index (Phi) is 11.4. The van der Waals surface area contributed by atoms with Crippen LogP contribution in [0.25, 0.3) is 0 Å². The highest BCUT2D eigenvalue weighted by atomic mass is 16.4. The number of carboxylic acids is 2. The lowest BCUT2D eigenvalue weighted by atomic mass is 10.0. The highest BCUT2D eigenvalue weighted by Crippen LogP contribution is 2.08. The second-order valence-corrected chi connectivity index (χ2v) is 9.19. The number of hydrogen-bond donors (Lipinski definition) is 7. The number of amides is 3. The Morgan fingerprint density at radius 2 is 1.47 bits per heavy atom. The fourth-order valence-electron chi connectivity index (χ4n) is 3.53. The smallest absolute Gasteiger partial charge is 0.326 e. The Morgan fingerprint density at radius 1 is 0.895 bits per heavy atom. The number of benzene rings is 1. The molecule has 1 heterocycles. The van der Waals surface area contributed by atoms with Gasteiger partial charge in [0.2, 0.25) is 17.7 Å². The summed E-state index contributed by atoms with van der Waals surface area (Å²) in [6.45, 7) is 3.54. The van der Waals surface area contributed by atoms with Crippen LogP contribution < -0.4 is 21.7 Å². The molecular formula is C25H34N6O7. The summed E-state index contributed by atoms with van der Waals surface area (Å²) in [5.41, 5.74) is 7.19. The van der Waals surface area contributed by atoms with Gasteiger partial charge < -0.3 is 36.9 Å². The lowest BCUT2D eigenvalue weighted by Gasteiger charge is -2.25. The largest absolute Gasteiger partial charge is 0.481 e. The van der Waals surface area contributed by atoms with Crippen molar-refractivity contribution in [2.75, 3.05) is 0 Å². The number of aromatic amines is 1. The van der Waals surface area contributed by atoms with Crippen molar-refractivity contribution in [2.45, 2.75) is 63.7 Å². The van der Waals surface area contributed by atoms with Crippen LogP contribution in [0.3, 0.4) is 0 Å². The molecule has 0 bridgehead atoms. The summed E-state index contributed by atoms with van der Waals surface area (Å²) in [5, 5.41) is 25.9. The molecule has 4 atom stereocenters. The van der Waals surface area contributed by atoms with Crippen LogP contribution in [0.4, 0.5) is 0 Å². The van der Waals surface area contributed by atoms with Crippen LogP contribution in [0.5, 0.6) is 0 Å². The van der Waals surface area contributed by atoms with Gasteiger partial charge in [-0.3, -0.25) is 19.2 Å². The molecule has 0 aliphatic carbocycles. The summed E-state index contributed by atoms with van der Waals surface area (Å²) >= 11 is 0. The van der Waals surface area contributed by atoms with E-state index in [1.807, 2.05) is 0 Å². The van der Waals surface area contributed by atoms with Gasteiger partial charge in [-0.2, -0.15) is 0 Å². The van der Waals surface area contributed by atoms with Gasteiger partial charge in [-0.15, -0.1) is 0 Å². The molecule has 13 heteroatoms. The molecule has 3 amide bonds. The minimum Gasteiger partial charge on any atom is -0.481 e. The summed E-state index contributed by atoms with van der Waals surface area (Å²) in [7, 11) is 0. The molecule has 0 aliphatic rings. The van der Waals surface area contributed by atoms with Crippen molar-refractivity contribution in [3.8, 4) is 0 Å². The number of carbonyl (C=O) groups is 5. The maximum absolute atomic E-state index is 13.4. The van der Waals surface area contributed by atoms with Crippen molar-refractivity contribution < 1.29 is 34.2 Å². The molecule has 4 unspecified atom stereocenters. The Labute approximate surface area is 219 Å².